The highest BCUT2D eigenvalue weighted by molar-refractivity contribution is 7.92. The van der Waals surface area contributed by atoms with Crippen LogP contribution in [-0.2, 0) is 21.0 Å². The molecule has 1 saturated heterocycles. The van der Waals surface area contributed by atoms with Gasteiger partial charge in [-0.15, -0.1) is 0 Å². The van der Waals surface area contributed by atoms with Crippen LogP contribution < -0.4 is 5.32 Å². The zero-order valence-electron chi connectivity index (χ0n) is 16.8. The Bertz CT molecular complexity index is 702. The predicted octanol–water partition coefficient (Wildman–Crippen LogP) is 2.11. The second-order valence-electron chi connectivity index (χ2n) is 7.53. The van der Waals surface area contributed by atoms with Crippen LogP contribution in [0.25, 0.3) is 0 Å². The summed E-state index contributed by atoms with van der Waals surface area (Å²) in [6.07, 6.45) is 2.91. The second-order valence-corrected chi connectivity index (χ2v) is 10.3. The molecule has 0 aromatic heterocycles. The second kappa shape index (κ2) is 10.1. The molecular weight excluding hydrogens is 362 g/mol. The van der Waals surface area contributed by atoms with Crippen molar-refractivity contribution in [1.29, 1.82) is 0 Å². The Morgan fingerprint density at radius 1 is 1.22 bits per heavy atom. The van der Waals surface area contributed by atoms with Crippen molar-refractivity contribution in [2.45, 2.75) is 37.9 Å². The molecule has 0 amide bonds. The van der Waals surface area contributed by atoms with E-state index < -0.39 is 14.6 Å². The van der Waals surface area contributed by atoms with Crippen LogP contribution in [0.1, 0.15) is 32.3 Å². The smallest absolute Gasteiger partial charge is 0.193 e. The summed E-state index contributed by atoms with van der Waals surface area (Å²) in [6, 6.07) is 10.4. The van der Waals surface area contributed by atoms with Gasteiger partial charge in [0.25, 0.3) is 0 Å². The molecule has 2 rings (SSSR count). The first-order valence-corrected chi connectivity index (χ1v) is 11.3. The van der Waals surface area contributed by atoms with Crippen LogP contribution in [0.5, 0.6) is 0 Å². The molecule has 1 aromatic carbocycles. The number of nitrogens with one attached hydrogen (secondary N) is 1. The number of rotatable bonds is 8. The van der Waals surface area contributed by atoms with Crippen molar-refractivity contribution in [2.75, 3.05) is 45.6 Å². The lowest BCUT2D eigenvalue weighted by molar-refractivity contribution is 0.133. The average Bonchev–Trinajstić information content (AvgIpc) is 2.64. The van der Waals surface area contributed by atoms with Gasteiger partial charge in [-0.2, -0.15) is 0 Å². The standard InChI is InChI=1S/C20H33N3O3S/c1-20(2)17-23(13-16-27(20,24)25)19(21-3)22-12-7-8-14-26-15-11-18-9-5-4-6-10-18/h4-6,9-10H,7-8,11-17H2,1-3H3,(H,21,22). The third-order valence-corrected chi connectivity index (χ3v) is 7.46. The maximum Gasteiger partial charge on any atom is 0.193 e. The molecular formula is C20H33N3O3S. The van der Waals surface area contributed by atoms with Crippen molar-refractivity contribution in [1.82, 2.24) is 10.2 Å². The number of hydrogen-bond acceptors (Lipinski definition) is 4. The highest BCUT2D eigenvalue weighted by atomic mass is 32.2. The first-order chi connectivity index (χ1) is 12.9. The molecule has 1 fully saturated rings. The molecule has 0 aliphatic carbocycles. The van der Waals surface area contributed by atoms with E-state index in [-0.39, 0.29) is 5.75 Å². The maximum atomic E-state index is 12.1. The molecule has 0 spiro atoms. The van der Waals surface area contributed by atoms with E-state index in [0.29, 0.717) is 13.1 Å². The summed E-state index contributed by atoms with van der Waals surface area (Å²) in [5, 5.41) is 3.35. The highest BCUT2D eigenvalue weighted by Crippen LogP contribution is 2.23. The number of aliphatic imine (C=N–C) groups is 1. The SMILES string of the molecule is CN=C(NCCCCOCCc1ccccc1)N1CCS(=O)(=O)C(C)(C)C1. The summed E-state index contributed by atoms with van der Waals surface area (Å²) in [7, 11) is -1.29. The summed E-state index contributed by atoms with van der Waals surface area (Å²) in [5.41, 5.74) is 1.30. The van der Waals surface area contributed by atoms with Gasteiger partial charge < -0.3 is 15.0 Å². The fraction of sp³-hybridized carbons (Fsp3) is 0.650. The molecule has 1 aliphatic heterocycles. The quantitative estimate of drug-likeness (QED) is 0.415. The Hall–Kier alpha value is -1.60. The monoisotopic (exact) mass is 395 g/mol. The van der Waals surface area contributed by atoms with Crippen molar-refractivity contribution in [3.8, 4) is 0 Å². The van der Waals surface area contributed by atoms with Gasteiger partial charge in [-0.25, -0.2) is 8.42 Å². The van der Waals surface area contributed by atoms with Gasteiger partial charge in [0.1, 0.15) is 0 Å². The van der Waals surface area contributed by atoms with Gasteiger partial charge in [-0.1, -0.05) is 30.3 Å². The Kier molecular flexibility index (Phi) is 8.10. The topological polar surface area (TPSA) is 71.0 Å². The fourth-order valence-corrected chi connectivity index (χ4v) is 4.49. The van der Waals surface area contributed by atoms with Gasteiger partial charge in [0.15, 0.2) is 15.8 Å². The van der Waals surface area contributed by atoms with Gasteiger partial charge in [-0.3, -0.25) is 4.99 Å². The lowest BCUT2D eigenvalue weighted by Crippen LogP contribution is -2.57. The molecule has 1 aromatic rings. The van der Waals surface area contributed by atoms with Crippen molar-refractivity contribution in [2.24, 2.45) is 4.99 Å². The number of nitrogens with zero attached hydrogens (tertiary/aromatic N) is 2. The van der Waals surface area contributed by atoms with E-state index in [0.717, 1.165) is 45.0 Å². The summed E-state index contributed by atoms with van der Waals surface area (Å²) in [5.74, 6) is 0.957. The zero-order chi connectivity index (χ0) is 19.8. The van der Waals surface area contributed by atoms with Gasteiger partial charge >= 0.3 is 0 Å². The Balaban J connectivity index is 1.60. The molecule has 0 unspecified atom stereocenters. The maximum absolute atomic E-state index is 12.1. The largest absolute Gasteiger partial charge is 0.381 e. The first kappa shape index (κ1) is 21.7. The van der Waals surface area contributed by atoms with E-state index in [2.05, 4.69) is 22.4 Å². The minimum atomic E-state index is -3.03. The van der Waals surface area contributed by atoms with Gasteiger partial charge in [0.05, 0.1) is 17.1 Å². The molecule has 152 valence electrons. The molecule has 7 heteroatoms. The van der Waals surface area contributed by atoms with Crippen LogP contribution in [0, 0.1) is 0 Å². The molecule has 0 atom stereocenters. The van der Waals surface area contributed by atoms with Crippen molar-refractivity contribution < 1.29 is 13.2 Å². The highest BCUT2D eigenvalue weighted by Gasteiger charge is 2.40. The molecule has 0 radical (unpaired) electrons. The third kappa shape index (κ3) is 6.50. The van der Waals surface area contributed by atoms with Crippen LogP contribution in [0.15, 0.2) is 35.3 Å². The fourth-order valence-electron chi connectivity index (χ4n) is 3.12. The first-order valence-electron chi connectivity index (χ1n) is 9.65. The normalized spacial score (nSPS) is 19.1. The molecule has 0 bridgehead atoms. The summed E-state index contributed by atoms with van der Waals surface area (Å²) >= 11 is 0. The lowest BCUT2D eigenvalue weighted by atomic mass is 10.2. The molecule has 1 heterocycles. The number of hydrogen-bond donors (Lipinski definition) is 1. The molecule has 1 N–H and O–H groups in total. The van der Waals surface area contributed by atoms with E-state index >= 15 is 0 Å². The number of guanidine groups is 1. The van der Waals surface area contributed by atoms with Crippen molar-refractivity contribution in [3.05, 3.63) is 35.9 Å². The predicted molar refractivity (Wildman–Crippen MR) is 111 cm³/mol. The van der Waals surface area contributed by atoms with Crippen molar-refractivity contribution in [3.63, 3.8) is 0 Å². The molecule has 0 saturated carbocycles. The van der Waals surface area contributed by atoms with E-state index in [4.69, 9.17) is 4.74 Å². The van der Waals surface area contributed by atoms with E-state index in [9.17, 15) is 8.42 Å². The molecule has 1 aliphatic rings. The van der Waals surface area contributed by atoms with E-state index in [1.54, 1.807) is 20.9 Å². The van der Waals surface area contributed by atoms with Crippen LogP contribution >= 0.6 is 0 Å². The van der Waals surface area contributed by atoms with Crippen LogP contribution in [0.4, 0.5) is 0 Å². The Morgan fingerprint density at radius 3 is 2.63 bits per heavy atom. The number of unbranched alkanes of at least 4 members (excludes halogenated alkanes) is 1. The summed E-state index contributed by atoms with van der Waals surface area (Å²) < 4.78 is 29.2. The third-order valence-electron chi connectivity index (χ3n) is 4.93. The lowest BCUT2D eigenvalue weighted by Gasteiger charge is -2.39. The number of benzene rings is 1. The number of ether oxygens (including phenoxy) is 1. The van der Waals surface area contributed by atoms with E-state index in [1.165, 1.54) is 5.56 Å². The van der Waals surface area contributed by atoms with Gasteiger partial charge in [0.2, 0.25) is 0 Å². The number of sulfone groups is 1. The molecule has 27 heavy (non-hydrogen) atoms. The Labute approximate surface area is 163 Å². The van der Waals surface area contributed by atoms with Crippen molar-refractivity contribution >= 4 is 15.8 Å². The van der Waals surface area contributed by atoms with Crippen LogP contribution in [0.3, 0.4) is 0 Å². The minimum absolute atomic E-state index is 0.177. The summed E-state index contributed by atoms with van der Waals surface area (Å²) in [6.45, 7) is 6.84. The van der Waals surface area contributed by atoms with Crippen LogP contribution in [-0.4, -0.2) is 69.7 Å². The Morgan fingerprint density at radius 2 is 1.96 bits per heavy atom. The van der Waals surface area contributed by atoms with E-state index in [1.807, 2.05) is 23.1 Å². The van der Waals surface area contributed by atoms with Crippen LogP contribution in [0.2, 0.25) is 0 Å². The van der Waals surface area contributed by atoms with Gasteiger partial charge in [0, 0.05) is 33.3 Å². The molecule has 6 nitrogen and oxygen atoms in total. The average molecular weight is 396 g/mol. The summed E-state index contributed by atoms with van der Waals surface area (Å²) in [4.78, 5) is 6.35. The zero-order valence-corrected chi connectivity index (χ0v) is 17.6. The minimum Gasteiger partial charge on any atom is -0.381 e. The van der Waals surface area contributed by atoms with Gasteiger partial charge in [-0.05, 0) is 38.7 Å².